The second kappa shape index (κ2) is 8.22. The number of benzene rings is 2. The van der Waals surface area contributed by atoms with Gasteiger partial charge in [-0.15, -0.1) is 0 Å². The largest absolute Gasteiger partial charge is 0.366 e. The minimum atomic E-state index is -0.197. The lowest BCUT2D eigenvalue weighted by Crippen LogP contribution is -2.27. The summed E-state index contributed by atoms with van der Waals surface area (Å²) in [4.78, 5) is 22.2. The molecule has 0 bridgehead atoms. The molecule has 0 fully saturated rings. The highest BCUT2D eigenvalue weighted by atomic mass is 32.1. The van der Waals surface area contributed by atoms with E-state index in [1.54, 1.807) is 11.3 Å². The van der Waals surface area contributed by atoms with Gasteiger partial charge in [-0.25, -0.2) is 4.98 Å². The maximum Gasteiger partial charge on any atom is 0.258 e. The summed E-state index contributed by atoms with van der Waals surface area (Å²) in [5, 5.41) is 15.7. The zero-order chi connectivity index (χ0) is 20.3. The fourth-order valence-electron chi connectivity index (χ4n) is 3.70. The predicted molar refractivity (Wildman–Crippen MR) is 121 cm³/mol. The predicted octanol–water partition coefficient (Wildman–Crippen LogP) is 4.20. The zero-order valence-corrected chi connectivity index (χ0v) is 17.1. The van der Waals surface area contributed by atoms with Crippen molar-refractivity contribution in [1.82, 2.24) is 15.3 Å². The first-order valence-corrected chi connectivity index (χ1v) is 10.9. The van der Waals surface area contributed by atoms with Crippen LogP contribution in [0.15, 0.2) is 59.3 Å². The molecule has 0 unspecified atom stereocenters. The molecule has 1 aliphatic rings. The summed E-state index contributed by atoms with van der Waals surface area (Å²) in [7, 11) is 0. The summed E-state index contributed by atoms with van der Waals surface area (Å²) in [5.74, 6) is 0.913. The Balaban J connectivity index is 1.43. The Bertz CT molecular complexity index is 1200. The number of carbonyl (C=O) groups is 1. The Labute approximate surface area is 178 Å². The quantitative estimate of drug-likeness (QED) is 0.455. The van der Waals surface area contributed by atoms with E-state index in [1.807, 2.05) is 47.2 Å². The van der Waals surface area contributed by atoms with Crippen LogP contribution < -0.4 is 16.0 Å². The molecular formula is C23H21N5OS. The molecule has 2 aromatic carbocycles. The van der Waals surface area contributed by atoms with Gasteiger partial charge in [-0.2, -0.15) is 16.3 Å². The molecule has 0 atom stereocenters. The topological polar surface area (TPSA) is 78.9 Å². The Morgan fingerprint density at radius 2 is 1.97 bits per heavy atom. The van der Waals surface area contributed by atoms with E-state index >= 15 is 0 Å². The first-order chi connectivity index (χ1) is 14.8. The SMILES string of the molecule is O=C(Nc1nc2c(c(NCc3ccccc3)n1)CCNC2)c1cccc2cscc12. The molecule has 6 nitrogen and oxygen atoms in total. The van der Waals surface area contributed by atoms with Crippen LogP contribution in [0.3, 0.4) is 0 Å². The number of amides is 1. The fourth-order valence-corrected chi connectivity index (χ4v) is 4.52. The van der Waals surface area contributed by atoms with Crippen molar-refractivity contribution in [2.75, 3.05) is 17.2 Å². The van der Waals surface area contributed by atoms with Crippen LogP contribution in [0.2, 0.25) is 0 Å². The van der Waals surface area contributed by atoms with Gasteiger partial charge in [0.1, 0.15) is 5.82 Å². The van der Waals surface area contributed by atoms with Gasteiger partial charge in [-0.05, 0) is 40.7 Å². The Morgan fingerprint density at radius 3 is 2.87 bits per heavy atom. The number of anilines is 2. The van der Waals surface area contributed by atoms with Crippen molar-refractivity contribution in [2.45, 2.75) is 19.5 Å². The standard InChI is InChI=1S/C23H21N5OS/c29-22(17-8-4-7-16-13-30-14-19(16)17)28-23-26-20-12-24-10-9-18(20)21(27-23)25-11-15-5-2-1-3-6-15/h1-8,13-14,24H,9-12H2,(H2,25,26,27,28,29). The number of nitrogens with one attached hydrogen (secondary N) is 3. The van der Waals surface area contributed by atoms with Crippen molar-refractivity contribution in [2.24, 2.45) is 0 Å². The number of carbonyl (C=O) groups excluding carboxylic acids is 1. The fraction of sp³-hybridized carbons (Fsp3) is 0.174. The first-order valence-electron chi connectivity index (χ1n) is 9.92. The van der Waals surface area contributed by atoms with Crippen molar-refractivity contribution in [1.29, 1.82) is 0 Å². The van der Waals surface area contributed by atoms with E-state index in [9.17, 15) is 4.79 Å². The van der Waals surface area contributed by atoms with Gasteiger partial charge >= 0.3 is 0 Å². The van der Waals surface area contributed by atoms with Crippen LogP contribution in [0.4, 0.5) is 11.8 Å². The highest BCUT2D eigenvalue weighted by Crippen LogP contribution is 2.25. The molecular weight excluding hydrogens is 394 g/mol. The maximum atomic E-state index is 13.0. The van der Waals surface area contributed by atoms with E-state index in [0.29, 0.717) is 24.6 Å². The van der Waals surface area contributed by atoms with Crippen LogP contribution in [0.5, 0.6) is 0 Å². The maximum absolute atomic E-state index is 13.0. The van der Waals surface area contributed by atoms with E-state index in [-0.39, 0.29) is 5.91 Å². The van der Waals surface area contributed by atoms with Gasteiger partial charge in [-0.1, -0.05) is 42.5 Å². The molecule has 1 aliphatic heterocycles. The van der Waals surface area contributed by atoms with Gasteiger partial charge in [0.2, 0.25) is 5.95 Å². The Morgan fingerprint density at radius 1 is 1.07 bits per heavy atom. The number of rotatable bonds is 5. The average Bonchev–Trinajstić information content (AvgIpc) is 3.27. The molecule has 2 aromatic heterocycles. The van der Waals surface area contributed by atoms with E-state index in [2.05, 4.69) is 38.1 Å². The smallest absolute Gasteiger partial charge is 0.258 e. The summed E-state index contributed by atoms with van der Waals surface area (Å²) >= 11 is 1.59. The van der Waals surface area contributed by atoms with Crippen molar-refractivity contribution in [3.05, 3.63) is 81.7 Å². The van der Waals surface area contributed by atoms with Crippen molar-refractivity contribution >= 4 is 39.8 Å². The molecule has 7 heteroatoms. The summed E-state index contributed by atoms with van der Waals surface area (Å²) in [6.07, 6.45) is 0.856. The second-order valence-electron chi connectivity index (χ2n) is 7.22. The van der Waals surface area contributed by atoms with Gasteiger partial charge < -0.3 is 10.6 Å². The molecule has 1 amide bonds. The normalized spacial score (nSPS) is 13.1. The number of hydrogen-bond acceptors (Lipinski definition) is 6. The molecule has 0 aliphatic carbocycles. The molecule has 0 radical (unpaired) electrons. The van der Waals surface area contributed by atoms with E-state index in [4.69, 9.17) is 0 Å². The van der Waals surface area contributed by atoms with Gasteiger partial charge in [-0.3, -0.25) is 10.1 Å². The molecule has 0 spiro atoms. The third kappa shape index (κ3) is 3.77. The lowest BCUT2D eigenvalue weighted by atomic mass is 10.1. The Kier molecular flexibility index (Phi) is 5.13. The molecule has 5 rings (SSSR count). The third-order valence-corrected chi connectivity index (χ3v) is 5.99. The van der Waals surface area contributed by atoms with Crippen molar-refractivity contribution < 1.29 is 4.79 Å². The summed E-state index contributed by atoms with van der Waals surface area (Å²) < 4.78 is 0. The molecule has 0 saturated carbocycles. The average molecular weight is 416 g/mol. The van der Waals surface area contributed by atoms with Crippen LogP contribution in [-0.2, 0) is 19.5 Å². The van der Waals surface area contributed by atoms with E-state index < -0.39 is 0 Å². The molecule has 30 heavy (non-hydrogen) atoms. The van der Waals surface area contributed by atoms with E-state index in [0.717, 1.165) is 40.8 Å². The van der Waals surface area contributed by atoms with Crippen LogP contribution in [0, 0.1) is 0 Å². The highest BCUT2D eigenvalue weighted by Gasteiger charge is 2.19. The van der Waals surface area contributed by atoms with Gasteiger partial charge in [0.25, 0.3) is 5.91 Å². The van der Waals surface area contributed by atoms with Gasteiger partial charge in [0, 0.05) is 29.6 Å². The van der Waals surface area contributed by atoms with Crippen LogP contribution in [0.1, 0.15) is 27.2 Å². The van der Waals surface area contributed by atoms with Crippen LogP contribution in [-0.4, -0.2) is 22.4 Å². The molecule has 0 saturated heterocycles. The van der Waals surface area contributed by atoms with Crippen LogP contribution >= 0.6 is 11.3 Å². The summed E-state index contributed by atoms with van der Waals surface area (Å²) in [5.41, 5.74) is 3.85. The van der Waals surface area contributed by atoms with Gasteiger partial charge in [0.05, 0.1) is 5.69 Å². The monoisotopic (exact) mass is 415 g/mol. The number of fused-ring (bicyclic) bond motifs is 2. The van der Waals surface area contributed by atoms with Crippen molar-refractivity contribution in [3.63, 3.8) is 0 Å². The summed E-state index contributed by atoms with van der Waals surface area (Å²) in [6, 6.07) is 15.9. The molecule has 4 aromatic rings. The number of hydrogen-bond donors (Lipinski definition) is 3. The van der Waals surface area contributed by atoms with Gasteiger partial charge in [0.15, 0.2) is 0 Å². The highest BCUT2D eigenvalue weighted by molar-refractivity contribution is 7.09. The number of aromatic nitrogens is 2. The molecule has 3 N–H and O–H groups in total. The molecule has 3 heterocycles. The van der Waals surface area contributed by atoms with Crippen LogP contribution in [0.25, 0.3) is 10.8 Å². The van der Waals surface area contributed by atoms with Crippen molar-refractivity contribution in [3.8, 4) is 0 Å². The minimum absolute atomic E-state index is 0.197. The summed E-state index contributed by atoms with van der Waals surface area (Å²) in [6.45, 7) is 2.22. The molecule has 150 valence electrons. The Hall–Kier alpha value is -3.29. The van der Waals surface area contributed by atoms with E-state index in [1.165, 1.54) is 5.56 Å². The third-order valence-electron chi connectivity index (χ3n) is 5.23. The number of thiophene rings is 1. The zero-order valence-electron chi connectivity index (χ0n) is 16.3. The number of nitrogens with zero attached hydrogens (tertiary/aromatic N) is 2. The lowest BCUT2D eigenvalue weighted by Gasteiger charge is -2.21. The minimum Gasteiger partial charge on any atom is -0.366 e. The first kappa shape index (κ1) is 18.7. The lowest BCUT2D eigenvalue weighted by molar-refractivity contribution is 0.102. The second-order valence-corrected chi connectivity index (χ2v) is 7.96.